The van der Waals surface area contributed by atoms with E-state index in [9.17, 15) is 4.79 Å². The highest BCUT2D eigenvalue weighted by atomic mass is 16.5. The molecule has 88 valence electrons. The fraction of sp³-hybridized carbons (Fsp3) is 0.417. The molecule has 0 bridgehead atoms. The van der Waals surface area contributed by atoms with E-state index in [1.807, 2.05) is 13.1 Å². The van der Waals surface area contributed by atoms with Crippen LogP contribution in [0.25, 0.3) is 0 Å². The van der Waals surface area contributed by atoms with Gasteiger partial charge in [0.05, 0.1) is 12.2 Å². The van der Waals surface area contributed by atoms with Crippen LogP contribution in [-0.2, 0) is 4.74 Å². The van der Waals surface area contributed by atoms with Crippen LogP contribution in [0.5, 0.6) is 5.75 Å². The van der Waals surface area contributed by atoms with E-state index in [1.165, 1.54) is 0 Å². The van der Waals surface area contributed by atoms with E-state index in [0.29, 0.717) is 24.5 Å². The Bertz CT molecular complexity index is 339. The van der Waals surface area contributed by atoms with Crippen LogP contribution in [0.4, 0.5) is 0 Å². The molecule has 16 heavy (non-hydrogen) atoms. The summed E-state index contributed by atoms with van der Waals surface area (Å²) in [5.74, 6) is 0.363. The van der Waals surface area contributed by atoms with Gasteiger partial charge in [-0.25, -0.2) is 4.79 Å². The molecule has 0 aliphatic carbocycles. The molecule has 1 aromatic carbocycles. The van der Waals surface area contributed by atoms with Gasteiger partial charge in [-0.05, 0) is 32.2 Å². The number of rotatable bonds is 6. The number of likely N-dealkylation sites (N-methyl/N-ethyl adjacent to an activating group) is 1. The molecule has 4 heteroatoms. The second-order valence-corrected chi connectivity index (χ2v) is 3.20. The van der Waals surface area contributed by atoms with E-state index in [1.54, 1.807) is 25.1 Å². The number of carbonyl (C=O) groups excluding carboxylic acids is 1. The van der Waals surface area contributed by atoms with Gasteiger partial charge in [-0.15, -0.1) is 0 Å². The van der Waals surface area contributed by atoms with Crippen molar-refractivity contribution in [3.8, 4) is 5.75 Å². The molecule has 1 N–H and O–H groups in total. The minimum absolute atomic E-state index is 0.318. The highest BCUT2D eigenvalue weighted by Crippen LogP contribution is 2.13. The quantitative estimate of drug-likeness (QED) is 0.586. The topological polar surface area (TPSA) is 47.6 Å². The fourth-order valence-corrected chi connectivity index (χ4v) is 1.20. The third-order valence-corrected chi connectivity index (χ3v) is 1.97. The number of esters is 1. The summed E-state index contributed by atoms with van der Waals surface area (Å²) in [5.41, 5.74) is 0.517. The molecule has 0 aromatic heterocycles. The van der Waals surface area contributed by atoms with E-state index >= 15 is 0 Å². The van der Waals surface area contributed by atoms with Crippen LogP contribution >= 0.6 is 0 Å². The first kappa shape index (κ1) is 12.5. The van der Waals surface area contributed by atoms with Gasteiger partial charge in [-0.1, -0.05) is 6.07 Å². The number of hydrogen-bond donors (Lipinski definition) is 1. The average Bonchev–Trinajstić information content (AvgIpc) is 2.30. The molecule has 0 fully saturated rings. The standard InChI is InChI=1S/C12H17NO3/c1-3-15-12(14)10-5-4-6-11(9-10)16-8-7-13-2/h4-6,9,13H,3,7-8H2,1-2H3. The average molecular weight is 223 g/mol. The summed E-state index contributed by atoms with van der Waals surface area (Å²) in [6, 6.07) is 7.00. The normalized spacial score (nSPS) is 9.88. The zero-order chi connectivity index (χ0) is 11.8. The molecule has 0 heterocycles. The minimum atomic E-state index is -0.318. The Morgan fingerprint density at radius 3 is 2.94 bits per heavy atom. The zero-order valence-corrected chi connectivity index (χ0v) is 9.66. The van der Waals surface area contributed by atoms with Crippen molar-refractivity contribution in [2.45, 2.75) is 6.92 Å². The number of hydrogen-bond acceptors (Lipinski definition) is 4. The molecule has 0 saturated carbocycles. The molecule has 0 radical (unpaired) electrons. The first-order valence-corrected chi connectivity index (χ1v) is 5.32. The largest absolute Gasteiger partial charge is 0.492 e. The third-order valence-electron chi connectivity index (χ3n) is 1.97. The Morgan fingerprint density at radius 1 is 1.44 bits per heavy atom. The van der Waals surface area contributed by atoms with Crippen molar-refractivity contribution in [3.63, 3.8) is 0 Å². The van der Waals surface area contributed by atoms with Crippen molar-refractivity contribution in [1.82, 2.24) is 5.32 Å². The summed E-state index contributed by atoms with van der Waals surface area (Å²) >= 11 is 0. The number of nitrogens with one attached hydrogen (secondary N) is 1. The molecule has 0 spiro atoms. The maximum Gasteiger partial charge on any atom is 0.338 e. The summed E-state index contributed by atoms with van der Waals surface area (Å²) in [5, 5.41) is 2.98. The highest BCUT2D eigenvalue weighted by Gasteiger charge is 2.06. The van der Waals surface area contributed by atoms with Crippen LogP contribution in [0, 0.1) is 0 Å². The summed E-state index contributed by atoms with van der Waals surface area (Å²) in [4.78, 5) is 11.4. The van der Waals surface area contributed by atoms with Gasteiger partial charge in [0.2, 0.25) is 0 Å². The summed E-state index contributed by atoms with van der Waals surface area (Å²) in [6.45, 7) is 3.50. The van der Waals surface area contributed by atoms with Crippen LogP contribution in [-0.4, -0.2) is 32.8 Å². The van der Waals surface area contributed by atoms with E-state index in [-0.39, 0.29) is 5.97 Å². The van der Waals surface area contributed by atoms with Crippen LogP contribution in [0.15, 0.2) is 24.3 Å². The lowest BCUT2D eigenvalue weighted by Crippen LogP contribution is -2.16. The Kier molecular flexibility index (Phi) is 5.36. The number of carbonyl (C=O) groups is 1. The van der Waals surface area contributed by atoms with E-state index in [4.69, 9.17) is 9.47 Å². The van der Waals surface area contributed by atoms with Crippen LogP contribution < -0.4 is 10.1 Å². The van der Waals surface area contributed by atoms with Gasteiger partial charge >= 0.3 is 5.97 Å². The second-order valence-electron chi connectivity index (χ2n) is 3.20. The lowest BCUT2D eigenvalue weighted by Gasteiger charge is -2.07. The lowest BCUT2D eigenvalue weighted by molar-refractivity contribution is 0.0526. The van der Waals surface area contributed by atoms with Crippen molar-refractivity contribution >= 4 is 5.97 Å². The monoisotopic (exact) mass is 223 g/mol. The zero-order valence-electron chi connectivity index (χ0n) is 9.66. The molecular weight excluding hydrogens is 206 g/mol. The summed E-state index contributed by atoms with van der Waals surface area (Å²) in [7, 11) is 1.86. The van der Waals surface area contributed by atoms with Gasteiger partial charge in [0.15, 0.2) is 0 Å². The van der Waals surface area contributed by atoms with Gasteiger partial charge in [0, 0.05) is 6.54 Å². The third kappa shape index (κ3) is 3.90. The van der Waals surface area contributed by atoms with E-state index < -0.39 is 0 Å². The Hall–Kier alpha value is -1.55. The van der Waals surface area contributed by atoms with Crippen LogP contribution in [0.2, 0.25) is 0 Å². The first-order chi connectivity index (χ1) is 7.77. The van der Waals surface area contributed by atoms with Gasteiger partial charge in [-0.3, -0.25) is 0 Å². The number of benzene rings is 1. The maximum atomic E-state index is 11.4. The van der Waals surface area contributed by atoms with E-state index in [0.717, 1.165) is 6.54 Å². The lowest BCUT2D eigenvalue weighted by atomic mass is 10.2. The predicted octanol–water partition coefficient (Wildman–Crippen LogP) is 1.46. The van der Waals surface area contributed by atoms with Gasteiger partial charge in [0.1, 0.15) is 12.4 Å². The molecule has 0 saturated heterocycles. The summed E-state index contributed by atoms with van der Waals surface area (Å²) < 4.78 is 10.3. The summed E-state index contributed by atoms with van der Waals surface area (Å²) in [6.07, 6.45) is 0. The molecule has 0 amide bonds. The van der Waals surface area contributed by atoms with Crippen molar-refractivity contribution < 1.29 is 14.3 Å². The molecule has 4 nitrogen and oxygen atoms in total. The number of ether oxygens (including phenoxy) is 2. The predicted molar refractivity (Wildman–Crippen MR) is 61.8 cm³/mol. The SMILES string of the molecule is CCOC(=O)c1cccc(OCCNC)c1. The maximum absolute atomic E-state index is 11.4. The first-order valence-electron chi connectivity index (χ1n) is 5.32. The molecule has 1 aromatic rings. The fourth-order valence-electron chi connectivity index (χ4n) is 1.20. The van der Waals surface area contributed by atoms with Crippen LogP contribution in [0.3, 0.4) is 0 Å². The van der Waals surface area contributed by atoms with Crippen molar-refractivity contribution in [3.05, 3.63) is 29.8 Å². The molecule has 0 atom stereocenters. The second kappa shape index (κ2) is 6.85. The molecule has 0 unspecified atom stereocenters. The minimum Gasteiger partial charge on any atom is -0.492 e. The molecular formula is C12H17NO3. The Morgan fingerprint density at radius 2 is 2.25 bits per heavy atom. The van der Waals surface area contributed by atoms with Crippen molar-refractivity contribution in [2.75, 3.05) is 26.8 Å². The Balaban J connectivity index is 2.60. The van der Waals surface area contributed by atoms with Crippen molar-refractivity contribution in [2.24, 2.45) is 0 Å². The van der Waals surface area contributed by atoms with E-state index in [2.05, 4.69) is 5.32 Å². The molecule has 0 aliphatic heterocycles. The Labute approximate surface area is 95.6 Å². The highest BCUT2D eigenvalue weighted by molar-refractivity contribution is 5.89. The van der Waals surface area contributed by atoms with Crippen molar-refractivity contribution in [1.29, 1.82) is 0 Å². The molecule has 0 aliphatic rings. The smallest absolute Gasteiger partial charge is 0.338 e. The molecule has 1 rings (SSSR count). The van der Waals surface area contributed by atoms with Crippen LogP contribution in [0.1, 0.15) is 17.3 Å². The van der Waals surface area contributed by atoms with Gasteiger partial charge in [-0.2, -0.15) is 0 Å². The van der Waals surface area contributed by atoms with Gasteiger partial charge in [0.25, 0.3) is 0 Å². The van der Waals surface area contributed by atoms with Gasteiger partial charge < -0.3 is 14.8 Å².